The van der Waals surface area contributed by atoms with E-state index in [4.69, 9.17) is 5.73 Å². The van der Waals surface area contributed by atoms with Crippen molar-refractivity contribution in [1.29, 1.82) is 0 Å². The Bertz CT molecular complexity index is 528. The molecule has 1 nitrogen and oxygen atoms in total. The summed E-state index contributed by atoms with van der Waals surface area (Å²) in [5, 5.41) is 0. The fraction of sp³-hybridized carbons (Fsp3) is 0.368. The third-order valence-corrected chi connectivity index (χ3v) is 3.96. The summed E-state index contributed by atoms with van der Waals surface area (Å²) in [6.45, 7) is 5.17. The highest BCUT2D eigenvalue weighted by atomic mass is 14.5. The summed E-state index contributed by atoms with van der Waals surface area (Å²) in [6, 6.07) is 17.5. The minimum atomic E-state index is 0.615. The van der Waals surface area contributed by atoms with Crippen molar-refractivity contribution in [3.05, 3.63) is 59.7 Å². The Hall–Kier alpha value is -1.60. The van der Waals surface area contributed by atoms with Crippen LogP contribution in [0.2, 0.25) is 0 Å². The molecule has 0 amide bonds. The quantitative estimate of drug-likeness (QED) is 0.814. The van der Waals surface area contributed by atoms with Gasteiger partial charge in [0.05, 0.1) is 0 Å². The first kappa shape index (κ1) is 14.8. The van der Waals surface area contributed by atoms with Gasteiger partial charge in [-0.15, -0.1) is 0 Å². The average Bonchev–Trinajstić information content (AvgIpc) is 2.48. The van der Waals surface area contributed by atoms with Crippen molar-refractivity contribution in [3.63, 3.8) is 0 Å². The van der Waals surface area contributed by atoms with E-state index in [9.17, 15) is 0 Å². The van der Waals surface area contributed by atoms with Crippen LogP contribution in [0.1, 0.15) is 30.9 Å². The molecule has 0 bridgehead atoms. The fourth-order valence-corrected chi connectivity index (χ4v) is 2.76. The third kappa shape index (κ3) is 3.71. The van der Waals surface area contributed by atoms with Crippen LogP contribution in [0.4, 0.5) is 0 Å². The van der Waals surface area contributed by atoms with Gasteiger partial charge >= 0.3 is 0 Å². The molecule has 20 heavy (non-hydrogen) atoms. The van der Waals surface area contributed by atoms with Gasteiger partial charge in [0.25, 0.3) is 0 Å². The average molecular weight is 267 g/mol. The van der Waals surface area contributed by atoms with E-state index in [1.165, 1.54) is 35.1 Å². The summed E-state index contributed by atoms with van der Waals surface area (Å²) in [6.07, 6.45) is 3.53. The molecule has 2 aromatic carbocycles. The van der Waals surface area contributed by atoms with E-state index in [2.05, 4.69) is 62.4 Å². The Kier molecular flexibility index (Phi) is 5.37. The van der Waals surface area contributed by atoms with Crippen molar-refractivity contribution in [1.82, 2.24) is 0 Å². The van der Waals surface area contributed by atoms with Gasteiger partial charge in [-0.3, -0.25) is 0 Å². The van der Waals surface area contributed by atoms with Crippen LogP contribution in [-0.2, 0) is 6.42 Å². The van der Waals surface area contributed by atoms with Gasteiger partial charge in [-0.2, -0.15) is 0 Å². The van der Waals surface area contributed by atoms with Gasteiger partial charge in [0.15, 0.2) is 0 Å². The number of hydrogen-bond acceptors (Lipinski definition) is 1. The van der Waals surface area contributed by atoms with Crippen molar-refractivity contribution < 1.29 is 0 Å². The summed E-state index contributed by atoms with van der Waals surface area (Å²) in [5.74, 6) is 0.615. The zero-order valence-corrected chi connectivity index (χ0v) is 12.6. The van der Waals surface area contributed by atoms with Crippen molar-refractivity contribution in [3.8, 4) is 11.1 Å². The van der Waals surface area contributed by atoms with Crippen LogP contribution in [0.25, 0.3) is 11.1 Å². The molecule has 0 aromatic heterocycles. The molecule has 0 saturated carbocycles. The molecule has 0 heterocycles. The monoisotopic (exact) mass is 267 g/mol. The summed E-state index contributed by atoms with van der Waals surface area (Å²) >= 11 is 0. The lowest BCUT2D eigenvalue weighted by molar-refractivity contribution is 0.487. The Balaban J connectivity index is 2.12. The van der Waals surface area contributed by atoms with Crippen LogP contribution in [0.15, 0.2) is 48.5 Å². The van der Waals surface area contributed by atoms with Crippen molar-refractivity contribution >= 4 is 0 Å². The lowest BCUT2D eigenvalue weighted by Gasteiger charge is -2.14. The third-order valence-electron chi connectivity index (χ3n) is 3.96. The van der Waals surface area contributed by atoms with Crippen molar-refractivity contribution in [2.45, 2.75) is 33.1 Å². The van der Waals surface area contributed by atoms with E-state index < -0.39 is 0 Å². The number of nitrogens with two attached hydrogens (primary N) is 1. The minimum absolute atomic E-state index is 0.615. The second-order valence-electron chi connectivity index (χ2n) is 5.61. The van der Waals surface area contributed by atoms with Crippen LogP contribution in [0.5, 0.6) is 0 Å². The van der Waals surface area contributed by atoms with Crippen LogP contribution >= 0.6 is 0 Å². The first-order valence-corrected chi connectivity index (χ1v) is 7.59. The molecule has 0 fully saturated rings. The predicted octanol–water partition coefficient (Wildman–Crippen LogP) is 4.58. The molecule has 1 unspecified atom stereocenters. The lowest BCUT2D eigenvalue weighted by Crippen LogP contribution is -2.16. The van der Waals surface area contributed by atoms with E-state index in [-0.39, 0.29) is 0 Å². The molecule has 2 rings (SSSR count). The van der Waals surface area contributed by atoms with Crippen LogP contribution in [0, 0.1) is 12.8 Å². The summed E-state index contributed by atoms with van der Waals surface area (Å²) in [5.41, 5.74) is 11.2. The van der Waals surface area contributed by atoms with Gasteiger partial charge in [-0.1, -0.05) is 61.9 Å². The SMILES string of the molecule is CCCC(CN)Cc1ccc(-c2ccccc2C)cc1. The Labute approximate surface area is 122 Å². The van der Waals surface area contributed by atoms with E-state index in [1.807, 2.05) is 0 Å². The zero-order valence-electron chi connectivity index (χ0n) is 12.6. The van der Waals surface area contributed by atoms with Crippen LogP contribution in [-0.4, -0.2) is 6.54 Å². The normalized spacial score (nSPS) is 12.3. The zero-order chi connectivity index (χ0) is 14.4. The Morgan fingerprint density at radius 3 is 2.30 bits per heavy atom. The molecular weight excluding hydrogens is 242 g/mol. The molecule has 0 radical (unpaired) electrons. The molecular formula is C19H25N. The number of rotatable bonds is 6. The topological polar surface area (TPSA) is 26.0 Å². The van der Waals surface area contributed by atoms with E-state index in [0.717, 1.165) is 13.0 Å². The molecule has 0 aliphatic heterocycles. The second kappa shape index (κ2) is 7.25. The van der Waals surface area contributed by atoms with E-state index >= 15 is 0 Å². The van der Waals surface area contributed by atoms with Crippen LogP contribution in [0.3, 0.4) is 0 Å². The van der Waals surface area contributed by atoms with E-state index in [1.54, 1.807) is 0 Å². The van der Waals surface area contributed by atoms with Gasteiger partial charge in [0.1, 0.15) is 0 Å². The maximum atomic E-state index is 5.85. The molecule has 2 aromatic rings. The van der Waals surface area contributed by atoms with Gasteiger partial charge in [-0.25, -0.2) is 0 Å². The predicted molar refractivity (Wildman–Crippen MR) is 87.8 cm³/mol. The summed E-state index contributed by atoms with van der Waals surface area (Å²) in [4.78, 5) is 0. The molecule has 0 aliphatic rings. The number of benzene rings is 2. The van der Waals surface area contributed by atoms with Gasteiger partial charge in [0.2, 0.25) is 0 Å². The van der Waals surface area contributed by atoms with Gasteiger partial charge in [0, 0.05) is 0 Å². The molecule has 1 heteroatoms. The van der Waals surface area contributed by atoms with Crippen molar-refractivity contribution in [2.75, 3.05) is 6.54 Å². The lowest BCUT2D eigenvalue weighted by atomic mass is 9.93. The van der Waals surface area contributed by atoms with Gasteiger partial charge < -0.3 is 5.73 Å². The highest BCUT2D eigenvalue weighted by Gasteiger charge is 2.07. The summed E-state index contributed by atoms with van der Waals surface area (Å²) in [7, 11) is 0. The molecule has 0 saturated heterocycles. The van der Waals surface area contributed by atoms with Crippen LogP contribution < -0.4 is 5.73 Å². The van der Waals surface area contributed by atoms with E-state index in [0.29, 0.717) is 5.92 Å². The Morgan fingerprint density at radius 2 is 1.70 bits per heavy atom. The Morgan fingerprint density at radius 1 is 1.00 bits per heavy atom. The molecule has 2 N–H and O–H groups in total. The highest BCUT2D eigenvalue weighted by Crippen LogP contribution is 2.24. The maximum absolute atomic E-state index is 5.85. The molecule has 106 valence electrons. The fourth-order valence-electron chi connectivity index (χ4n) is 2.76. The molecule has 0 spiro atoms. The van der Waals surface area contributed by atoms with Crippen molar-refractivity contribution in [2.24, 2.45) is 11.7 Å². The maximum Gasteiger partial charge on any atom is -0.00457 e. The first-order valence-electron chi connectivity index (χ1n) is 7.59. The second-order valence-corrected chi connectivity index (χ2v) is 5.61. The smallest absolute Gasteiger partial charge is 0.00457 e. The standard InChI is InChI=1S/C19H25N/c1-3-6-17(14-20)13-16-9-11-18(12-10-16)19-8-5-4-7-15(19)2/h4-5,7-12,17H,3,6,13-14,20H2,1-2H3. The largest absolute Gasteiger partial charge is 0.330 e. The first-order chi connectivity index (χ1) is 9.74. The van der Waals surface area contributed by atoms with Gasteiger partial charge in [-0.05, 0) is 54.5 Å². The number of hydrogen-bond donors (Lipinski definition) is 1. The number of aryl methyl sites for hydroxylation is 1. The minimum Gasteiger partial charge on any atom is -0.330 e. The molecule has 1 atom stereocenters. The summed E-state index contributed by atoms with van der Waals surface area (Å²) < 4.78 is 0. The highest BCUT2D eigenvalue weighted by molar-refractivity contribution is 5.67. The molecule has 0 aliphatic carbocycles.